The van der Waals surface area contributed by atoms with E-state index in [-0.39, 0.29) is 6.04 Å². The number of benzene rings is 2. The largest absolute Gasteiger partial charge is 0.493 e. The van der Waals surface area contributed by atoms with E-state index >= 15 is 0 Å². The highest BCUT2D eigenvalue weighted by Crippen LogP contribution is 2.34. The molecule has 1 unspecified atom stereocenters. The Morgan fingerprint density at radius 1 is 1.00 bits per heavy atom. The van der Waals surface area contributed by atoms with E-state index in [0.717, 1.165) is 23.6 Å². The fraction of sp³-hybridized carbons (Fsp3) is 0.294. The van der Waals surface area contributed by atoms with Crippen LogP contribution in [0, 0.1) is 0 Å². The highest BCUT2D eigenvalue weighted by molar-refractivity contribution is 5.48. The molecule has 0 aliphatic heterocycles. The molecule has 0 saturated heterocycles. The normalized spacial score (nSPS) is 12.0. The first kappa shape index (κ1) is 15.4. The monoisotopic (exact) mass is 286 g/mol. The third-order valence-electron chi connectivity index (χ3n) is 3.44. The molecule has 0 amide bonds. The van der Waals surface area contributed by atoms with E-state index in [1.54, 1.807) is 14.2 Å². The third kappa shape index (κ3) is 3.74. The van der Waals surface area contributed by atoms with Gasteiger partial charge in [0.2, 0.25) is 0 Å². The lowest BCUT2D eigenvalue weighted by molar-refractivity contribution is 0.346. The smallest absolute Gasteiger partial charge is 0.165 e. The summed E-state index contributed by atoms with van der Waals surface area (Å²) in [6.07, 6.45) is 0. The van der Waals surface area contributed by atoms with Crippen molar-refractivity contribution in [2.45, 2.75) is 12.6 Å². The van der Waals surface area contributed by atoms with E-state index in [0.29, 0.717) is 6.54 Å². The molecule has 21 heavy (non-hydrogen) atoms. The Morgan fingerprint density at radius 3 is 2.38 bits per heavy atom. The van der Waals surface area contributed by atoms with Crippen molar-refractivity contribution in [2.24, 2.45) is 5.73 Å². The summed E-state index contributed by atoms with van der Waals surface area (Å²) in [6, 6.07) is 16.1. The molecule has 0 saturated carbocycles. The second-order valence-electron chi connectivity index (χ2n) is 4.74. The van der Waals surface area contributed by atoms with Gasteiger partial charge in [-0.2, -0.15) is 0 Å². The highest BCUT2D eigenvalue weighted by Gasteiger charge is 2.17. The summed E-state index contributed by atoms with van der Waals surface area (Å²) in [5, 5.41) is 3.47. The van der Waals surface area contributed by atoms with Crippen LogP contribution >= 0.6 is 0 Å². The standard InChI is InChI=1S/C17H22N2O2/c1-20-16-10-6-9-14(17(16)21-2)15(11-18)19-12-13-7-4-3-5-8-13/h3-10,15,19H,11-12,18H2,1-2H3. The zero-order chi connectivity index (χ0) is 15.1. The molecule has 112 valence electrons. The van der Waals surface area contributed by atoms with Crippen LogP contribution in [0.1, 0.15) is 17.2 Å². The average molecular weight is 286 g/mol. The van der Waals surface area contributed by atoms with Crippen molar-refractivity contribution in [3.63, 3.8) is 0 Å². The average Bonchev–Trinajstić information content (AvgIpc) is 2.56. The molecular formula is C17H22N2O2. The van der Waals surface area contributed by atoms with Gasteiger partial charge >= 0.3 is 0 Å². The van der Waals surface area contributed by atoms with Crippen molar-refractivity contribution in [2.75, 3.05) is 20.8 Å². The second kappa shape index (κ2) is 7.67. The molecule has 0 fully saturated rings. The summed E-state index contributed by atoms with van der Waals surface area (Å²) in [7, 11) is 3.28. The first-order chi connectivity index (χ1) is 10.3. The highest BCUT2D eigenvalue weighted by atomic mass is 16.5. The first-order valence-electron chi connectivity index (χ1n) is 6.98. The van der Waals surface area contributed by atoms with Gasteiger partial charge in [0.05, 0.1) is 14.2 Å². The maximum atomic E-state index is 5.93. The van der Waals surface area contributed by atoms with Crippen LogP contribution in [-0.2, 0) is 6.54 Å². The lowest BCUT2D eigenvalue weighted by Gasteiger charge is -2.21. The molecular weight excluding hydrogens is 264 g/mol. The van der Waals surface area contributed by atoms with E-state index in [1.807, 2.05) is 36.4 Å². The number of ether oxygens (including phenoxy) is 2. The molecule has 0 spiro atoms. The van der Waals surface area contributed by atoms with Gasteiger partial charge in [0.1, 0.15) is 0 Å². The zero-order valence-electron chi connectivity index (χ0n) is 12.5. The van der Waals surface area contributed by atoms with E-state index in [1.165, 1.54) is 5.56 Å². The maximum Gasteiger partial charge on any atom is 0.165 e. The molecule has 2 aromatic carbocycles. The lowest BCUT2D eigenvalue weighted by atomic mass is 10.0. The number of nitrogens with two attached hydrogens (primary N) is 1. The molecule has 1 atom stereocenters. The minimum absolute atomic E-state index is 0.00950. The maximum absolute atomic E-state index is 5.93. The Labute approximate surface area is 125 Å². The van der Waals surface area contributed by atoms with Crippen LogP contribution in [0.15, 0.2) is 48.5 Å². The van der Waals surface area contributed by atoms with Crippen LogP contribution in [0.3, 0.4) is 0 Å². The molecule has 0 heterocycles. The van der Waals surface area contributed by atoms with Crippen LogP contribution in [-0.4, -0.2) is 20.8 Å². The molecule has 4 nitrogen and oxygen atoms in total. The molecule has 3 N–H and O–H groups in total. The van der Waals surface area contributed by atoms with E-state index in [9.17, 15) is 0 Å². The number of hydrogen-bond donors (Lipinski definition) is 2. The minimum atomic E-state index is 0.00950. The van der Waals surface area contributed by atoms with Gasteiger partial charge in [0, 0.05) is 24.7 Å². The summed E-state index contributed by atoms with van der Waals surface area (Å²) in [4.78, 5) is 0. The topological polar surface area (TPSA) is 56.5 Å². The SMILES string of the molecule is COc1cccc(C(CN)NCc2ccccc2)c1OC. The quantitative estimate of drug-likeness (QED) is 0.821. The molecule has 0 aromatic heterocycles. The minimum Gasteiger partial charge on any atom is -0.493 e. The Morgan fingerprint density at radius 2 is 1.76 bits per heavy atom. The number of hydrogen-bond acceptors (Lipinski definition) is 4. The Hall–Kier alpha value is -2.04. The van der Waals surface area contributed by atoms with Crippen LogP contribution in [0.4, 0.5) is 0 Å². The van der Waals surface area contributed by atoms with Crippen molar-refractivity contribution in [3.8, 4) is 11.5 Å². The summed E-state index contributed by atoms with van der Waals surface area (Å²) < 4.78 is 10.8. The van der Waals surface area contributed by atoms with E-state index in [2.05, 4.69) is 17.4 Å². The molecule has 0 bridgehead atoms. The molecule has 2 rings (SSSR count). The third-order valence-corrected chi connectivity index (χ3v) is 3.44. The van der Waals surface area contributed by atoms with Gasteiger partial charge in [-0.25, -0.2) is 0 Å². The Kier molecular flexibility index (Phi) is 5.60. The van der Waals surface area contributed by atoms with Gasteiger partial charge in [-0.3, -0.25) is 0 Å². The van der Waals surface area contributed by atoms with Crippen molar-refractivity contribution < 1.29 is 9.47 Å². The van der Waals surface area contributed by atoms with E-state index in [4.69, 9.17) is 15.2 Å². The molecule has 4 heteroatoms. The van der Waals surface area contributed by atoms with Crippen molar-refractivity contribution >= 4 is 0 Å². The van der Waals surface area contributed by atoms with Gasteiger partial charge < -0.3 is 20.5 Å². The van der Waals surface area contributed by atoms with Crippen molar-refractivity contribution in [3.05, 3.63) is 59.7 Å². The summed E-state index contributed by atoms with van der Waals surface area (Å²) in [6.45, 7) is 1.24. The van der Waals surface area contributed by atoms with Gasteiger partial charge in [-0.1, -0.05) is 42.5 Å². The first-order valence-corrected chi connectivity index (χ1v) is 6.98. The predicted octanol–water partition coefficient (Wildman–Crippen LogP) is 2.49. The molecule has 2 aromatic rings. The predicted molar refractivity (Wildman–Crippen MR) is 84.6 cm³/mol. The van der Waals surface area contributed by atoms with Gasteiger partial charge in [0.15, 0.2) is 11.5 Å². The van der Waals surface area contributed by atoms with E-state index < -0.39 is 0 Å². The summed E-state index contributed by atoms with van der Waals surface area (Å²) in [5.41, 5.74) is 8.15. The van der Waals surface area contributed by atoms with Gasteiger partial charge in [-0.15, -0.1) is 0 Å². The van der Waals surface area contributed by atoms with Crippen molar-refractivity contribution in [1.29, 1.82) is 0 Å². The zero-order valence-corrected chi connectivity index (χ0v) is 12.5. The number of nitrogens with one attached hydrogen (secondary N) is 1. The van der Waals surface area contributed by atoms with Crippen molar-refractivity contribution in [1.82, 2.24) is 5.32 Å². The molecule has 0 aliphatic carbocycles. The van der Waals surface area contributed by atoms with Crippen LogP contribution in [0.25, 0.3) is 0 Å². The van der Waals surface area contributed by atoms with Gasteiger partial charge in [0.25, 0.3) is 0 Å². The summed E-state index contributed by atoms with van der Waals surface area (Å²) >= 11 is 0. The summed E-state index contributed by atoms with van der Waals surface area (Å²) in [5.74, 6) is 1.45. The Balaban J connectivity index is 2.17. The number of methoxy groups -OCH3 is 2. The van der Waals surface area contributed by atoms with Gasteiger partial charge in [-0.05, 0) is 11.6 Å². The second-order valence-corrected chi connectivity index (χ2v) is 4.74. The Bertz CT molecular complexity index is 558. The fourth-order valence-electron chi connectivity index (χ4n) is 2.34. The fourth-order valence-corrected chi connectivity index (χ4v) is 2.34. The molecule has 0 aliphatic rings. The number of rotatable bonds is 7. The van der Waals surface area contributed by atoms with Crippen LogP contribution in [0.5, 0.6) is 11.5 Å². The van der Waals surface area contributed by atoms with Crippen LogP contribution in [0.2, 0.25) is 0 Å². The lowest BCUT2D eigenvalue weighted by Crippen LogP contribution is -2.28. The van der Waals surface area contributed by atoms with Crippen LogP contribution < -0.4 is 20.5 Å². The molecule has 0 radical (unpaired) electrons. The number of para-hydroxylation sites is 1.